The lowest BCUT2D eigenvalue weighted by atomic mass is 9.81. The summed E-state index contributed by atoms with van der Waals surface area (Å²) in [7, 11) is 0. The van der Waals surface area contributed by atoms with Crippen molar-refractivity contribution in [3.63, 3.8) is 0 Å². The van der Waals surface area contributed by atoms with Crippen LogP contribution in [0.4, 0.5) is 28.4 Å². The van der Waals surface area contributed by atoms with Gasteiger partial charge in [0.05, 0.1) is 22.7 Å². The summed E-state index contributed by atoms with van der Waals surface area (Å²) in [5.74, 6) is 1.94. The molecule has 1 atom stereocenters. The molecular weight excluding hydrogens is 749 g/mol. The Morgan fingerprint density at radius 3 is 1.88 bits per heavy atom. The van der Waals surface area contributed by atoms with Crippen LogP contribution < -0.4 is 14.5 Å². The molecule has 7 aromatic rings. The molecule has 0 fully saturated rings. The van der Waals surface area contributed by atoms with Gasteiger partial charge in [0.15, 0.2) is 11.5 Å². The van der Waals surface area contributed by atoms with Crippen LogP contribution in [-0.2, 0) is 11.8 Å². The molecule has 0 N–H and O–H groups in total. The van der Waals surface area contributed by atoms with Gasteiger partial charge in [0.2, 0.25) is 0 Å². The summed E-state index contributed by atoms with van der Waals surface area (Å²) in [5.41, 5.74) is 17.1. The summed E-state index contributed by atoms with van der Waals surface area (Å²) >= 11 is 1.85. The molecule has 7 aromatic carbocycles. The number of allylic oxidation sites excluding steroid dienone is 4. The Morgan fingerprint density at radius 1 is 0.600 bits per heavy atom. The minimum absolute atomic E-state index is 0.147. The number of hydrogen-bond acceptors (Lipinski definition) is 4. The zero-order valence-electron chi connectivity index (χ0n) is 34.0. The summed E-state index contributed by atoms with van der Waals surface area (Å²) < 4.78 is 6.30. The number of anilines is 5. The van der Waals surface area contributed by atoms with E-state index in [1.807, 2.05) is 36.0 Å². The van der Waals surface area contributed by atoms with Crippen LogP contribution in [0.3, 0.4) is 0 Å². The van der Waals surface area contributed by atoms with E-state index in [0.29, 0.717) is 0 Å². The highest BCUT2D eigenvalue weighted by atomic mass is 32.2. The molecule has 1 unspecified atom stereocenters. The van der Waals surface area contributed by atoms with Crippen LogP contribution in [0.25, 0.3) is 29.4 Å². The lowest BCUT2D eigenvalue weighted by molar-refractivity contribution is 0.476. The highest BCUT2D eigenvalue weighted by Crippen LogP contribution is 2.55. The fourth-order valence-corrected chi connectivity index (χ4v) is 10.4. The molecule has 0 saturated carbocycles. The van der Waals surface area contributed by atoms with Gasteiger partial charge in [0.25, 0.3) is 0 Å². The van der Waals surface area contributed by atoms with Crippen LogP contribution in [0, 0.1) is 5.92 Å². The van der Waals surface area contributed by atoms with E-state index in [-0.39, 0.29) is 11.3 Å². The summed E-state index contributed by atoms with van der Waals surface area (Å²) in [6.45, 7) is 7.01. The second-order valence-corrected chi connectivity index (χ2v) is 17.7. The maximum atomic E-state index is 6.30. The van der Waals surface area contributed by atoms with E-state index >= 15 is 0 Å². The first-order chi connectivity index (χ1) is 29.4. The monoisotopic (exact) mass is 792 g/mol. The standard InChI is InChI=1S/C56H44N2OS/c1-37-23-28-41-34-38(26-29-40(41)13-12-14-42(33-37)57-48-15-4-8-19-52(48)59-53-20-9-5-16-49(53)57)24-25-39-27-31-44-45-32-30-43(36-47(45)56(2,3)46(44)35-39)58-50-17-6-10-21-54(50)60-55-22-11-7-18-51(55)58/h4-12,14-37H,13H2,1-3H3/b14-12-,25-24+,28-23-,42-33?. The van der Waals surface area contributed by atoms with Gasteiger partial charge in [0.1, 0.15) is 0 Å². The molecule has 2 aliphatic heterocycles. The summed E-state index contributed by atoms with van der Waals surface area (Å²) in [6, 6.07) is 55.0. The predicted molar refractivity (Wildman–Crippen MR) is 252 cm³/mol. The predicted octanol–water partition coefficient (Wildman–Crippen LogP) is 15.7. The Bertz CT molecular complexity index is 2890. The van der Waals surface area contributed by atoms with Crippen molar-refractivity contribution < 1.29 is 4.74 Å². The minimum atomic E-state index is -0.147. The van der Waals surface area contributed by atoms with Crippen LogP contribution in [0.2, 0.25) is 0 Å². The van der Waals surface area contributed by atoms with Gasteiger partial charge in [-0.2, -0.15) is 0 Å². The van der Waals surface area contributed by atoms with E-state index in [0.717, 1.165) is 35.0 Å². The number of hydrogen-bond donors (Lipinski definition) is 0. The van der Waals surface area contributed by atoms with Gasteiger partial charge in [-0.25, -0.2) is 0 Å². The molecule has 0 bridgehead atoms. The molecule has 4 aliphatic rings. The molecule has 290 valence electrons. The van der Waals surface area contributed by atoms with E-state index in [9.17, 15) is 0 Å². The van der Waals surface area contributed by atoms with Gasteiger partial charge in [-0.15, -0.1) is 0 Å². The van der Waals surface area contributed by atoms with Gasteiger partial charge >= 0.3 is 0 Å². The molecule has 2 aliphatic carbocycles. The van der Waals surface area contributed by atoms with E-state index in [2.05, 4.69) is 200 Å². The van der Waals surface area contributed by atoms with Crippen LogP contribution in [-0.4, -0.2) is 0 Å². The second-order valence-electron chi connectivity index (χ2n) is 16.6. The number of fused-ring (bicyclic) bond motifs is 8. The van der Waals surface area contributed by atoms with Crippen LogP contribution >= 0.6 is 11.8 Å². The van der Waals surface area contributed by atoms with Gasteiger partial charge in [-0.05, 0) is 130 Å². The number of nitrogens with zero attached hydrogens (tertiary/aromatic N) is 2. The zero-order valence-corrected chi connectivity index (χ0v) is 34.8. The molecule has 0 radical (unpaired) electrons. The lowest BCUT2D eigenvalue weighted by Crippen LogP contribution is -2.20. The van der Waals surface area contributed by atoms with Crippen molar-refractivity contribution in [1.82, 2.24) is 0 Å². The smallest absolute Gasteiger partial charge is 0.151 e. The van der Waals surface area contributed by atoms with E-state index in [1.54, 1.807) is 0 Å². The summed E-state index contributed by atoms with van der Waals surface area (Å²) in [4.78, 5) is 7.32. The van der Waals surface area contributed by atoms with E-state index in [4.69, 9.17) is 4.74 Å². The lowest BCUT2D eigenvalue weighted by Gasteiger charge is -2.33. The Kier molecular flexibility index (Phi) is 8.79. The number of para-hydroxylation sites is 6. The average Bonchev–Trinajstić information content (AvgIpc) is 3.50. The topological polar surface area (TPSA) is 15.7 Å². The highest BCUT2D eigenvalue weighted by molar-refractivity contribution is 7.99. The third kappa shape index (κ3) is 6.22. The fourth-order valence-electron chi connectivity index (χ4n) is 9.29. The summed E-state index contributed by atoms with van der Waals surface area (Å²) in [5, 5.41) is 0. The molecule has 0 spiro atoms. The molecular formula is C56H44N2OS. The first kappa shape index (κ1) is 36.3. The van der Waals surface area contributed by atoms with Crippen molar-refractivity contribution in [2.24, 2.45) is 5.92 Å². The van der Waals surface area contributed by atoms with Crippen LogP contribution in [0.5, 0.6) is 11.5 Å². The Labute approximate surface area is 357 Å². The van der Waals surface area contributed by atoms with Crippen LogP contribution in [0.1, 0.15) is 54.2 Å². The average molecular weight is 793 g/mol. The van der Waals surface area contributed by atoms with Crippen molar-refractivity contribution in [2.75, 3.05) is 9.80 Å². The van der Waals surface area contributed by atoms with Crippen molar-refractivity contribution >= 4 is 58.4 Å². The zero-order chi connectivity index (χ0) is 40.4. The normalized spacial score (nSPS) is 17.8. The Hall–Kier alpha value is -6.75. The molecule has 2 heterocycles. The first-order valence-corrected chi connectivity index (χ1v) is 21.7. The quantitative estimate of drug-likeness (QED) is 0.165. The third-order valence-electron chi connectivity index (χ3n) is 12.3. The van der Waals surface area contributed by atoms with E-state index in [1.165, 1.54) is 71.4 Å². The molecule has 3 nitrogen and oxygen atoms in total. The van der Waals surface area contributed by atoms with Crippen molar-refractivity contribution in [3.05, 3.63) is 215 Å². The largest absolute Gasteiger partial charge is 0.453 e. The molecule has 60 heavy (non-hydrogen) atoms. The molecule has 11 rings (SSSR count). The highest BCUT2D eigenvalue weighted by Gasteiger charge is 2.37. The number of rotatable bonds is 4. The minimum Gasteiger partial charge on any atom is -0.453 e. The van der Waals surface area contributed by atoms with Gasteiger partial charge < -0.3 is 14.5 Å². The Balaban J connectivity index is 0.859. The van der Waals surface area contributed by atoms with E-state index < -0.39 is 0 Å². The SMILES string of the molecule is CC1C=C(N2c3ccccc3Oc3ccccc32)/C=C\Cc2ccc(/C=C/c3ccc4c(c3)C(C)(C)c3cc(N5c6ccccc6Sc6ccccc65)ccc3-4)cc2/C=C\1. The number of benzene rings is 7. The molecule has 0 aromatic heterocycles. The van der Waals surface area contributed by atoms with Crippen molar-refractivity contribution in [3.8, 4) is 22.6 Å². The van der Waals surface area contributed by atoms with Gasteiger partial charge in [0, 0.05) is 26.6 Å². The van der Waals surface area contributed by atoms with Crippen LogP contribution in [0.15, 0.2) is 191 Å². The Morgan fingerprint density at radius 2 is 1.18 bits per heavy atom. The maximum Gasteiger partial charge on any atom is 0.151 e. The molecule has 0 amide bonds. The number of ether oxygens (including phenoxy) is 1. The molecule has 4 heteroatoms. The van der Waals surface area contributed by atoms with Crippen molar-refractivity contribution in [2.45, 2.75) is 42.4 Å². The second kappa shape index (κ2) is 14.5. The van der Waals surface area contributed by atoms with Crippen molar-refractivity contribution in [1.29, 1.82) is 0 Å². The maximum absolute atomic E-state index is 6.30. The first-order valence-electron chi connectivity index (χ1n) is 20.9. The third-order valence-corrected chi connectivity index (χ3v) is 13.5. The van der Waals surface area contributed by atoms with Gasteiger partial charge in [-0.3, -0.25) is 0 Å². The molecule has 0 saturated heterocycles. The fraction of sp³-hybridized carbons (Fsp3) is 0.107. The summed E-state index contributed by atoms with van der Waals surface area (Å²) in [6.07, 6.45) is 16.9. The van der Waals surface area contributed by atoms with Gasteiger partial charge in [-0.1, -0.05) is 154 Å².